The van der Waals surface area contributed by atoms with Crippen LogP contribution >= 0.6 is 11.6 Å². The summed E-state index contributed by atoms with van der Waals surface area (Å²) < 4.78 is 13.3. The second-order valence-corrected chi connectivity index (χ2v) is 5.68. The average molecular weight is 314 g/mol. The number of nitrogens with one attached hydrogen (secondary N) is 1. The highest BCUT2D eigenvalue weighted by molar-refractivity contribution is 6.31. The van der Waals surface area contributed by atoms with Crippen LogP contribution < -0.4 is 11.1 Å². The Morgan fingerprint density at radius 2 is 2.00 bits per heavy atom. The highest BCUT2D eigenvalue weighted by Gasteiger charge is 2.43. The van der Waals surface area contributed by atoms with E-state index in [1.165, 1.54) is 12.1 Å². The van der Waals surface area contributed by atoms with Gasteiger partial charge < -0.3 is 16.3 Å². The number of rotatable bonds is 3. The Balaban J connectivity index is 2.26. The molecule has 7 heteroatoms. The van der Waals surface area contributed by atoms with Crippen LogP contribution in [0, 0.1) is 11.2 Å². The Bertz CT molecular complexity index is 551. The molecular formula is C14H17ClFN3O2. The summed E-state index contributed by atoms with van der Waals surface area (Å²) in [6.45, 7) is 0. The molecule has 1 amide bonds. The highest BCUT2D eigenvalue weighted by atomic mass is 35.5. The number of oxime groups is 1. The van der Waals surface area contributed by atoms with Gasteiger partial charge in [-0.3, -0.25) is 4.79 Å². The summed E-state index contributed by atoms with van der Waals surface area (Å²) >= 11 is 5.76. The lowest BCUT2D eigenvalue weighted by molar-refractivity contribution is -0.123. The predicted molar refractivity (Wildman–Crippen MR) is 79.0 cm³/mol. The van der Waals surface area contributed by atoms with Crippen LogP contribution in [0.4, 0.5) is 10.1 Å². The molecule has 0 heterocycles. The van der Waals surface area contributed by atoms with Crippen LogP contribution in [0.3, 0.4) is 0 Å². The molecule has 0 radical (unpaired) electrons. The fraction of sp³-hybridized carbons (Fsp3) is 0.429. The normalized spacial score (nSPS) is 18.3. The number of carbonyl (C=O) groups is 1. The Hall–Kier alpha value is -1.82. The number of amidine groups is 1. The number of benzene rings is 1. The van der Waals surface area contributed by atoms with Crippen molar-refractivity contribution in [1.82, 2.24) is 0 Å². The Morgan fingerprint density at radius 1 is 1.33 bits per heavy atom. The number of hydrogen-bond acceptors (Lipinski definition) is 3. The van der Waals surface area contributed by atoms with Crippen molar-refractivity contribution in [2.45, 2.75) is 32.1 Å². The first kappa shape index (κ1) is 15.6. The Kier molecular flexibility index (Phi) is 4.67. The van der Waals surface area contributed by atoms with Gasteiger partial charge in [-0.15, -0.1) is 0 Å². The molecule has 0 unspecified atom stereocenters. The van der Waals surface area contributed by atoms with Crippen LogP contribution in [0.15, 0.2) is 23.4 Å². The van der Waals surface area contributed by atoms with E-state index in [9.17, 15) is 9.18 Å². The molecule has 1 aliphatic rings. The molecule has 4 N–H and O–H groups in total. The van der Waals surface area contributed by atoms with E-state index >= 15 is 0 Å². The van der Waals surface area contributed by atoms with Gasteiger partial charge >= 0.3 is 0 Å². The van der Waals surface area contributed by atoms with Crippen molar-refractivity contribution in [2.24, 2.45) is 16.3 Å². The maximum absolute atomic E-state index is 13.3. The minimum atomic E-state index is -1.05. The molecule has 0 spiro atoms. The van der Waals surface area contributed by atoms with Crippen LogP contribution in [0.1, 0.15) is 32.1 Å². The Morgan fingerprint density at radius 3 is 2.57 bits per heavy atom. The van der Waals surface area contributed by atoms with E-state index in [-0.39, 0.29) is 16.5 Å². The molecule has 1 aromatic rings. The van der Waals surface area contributed by atoms with E-state index < -0.39 is 17.1 Å². The van der Waals surface area contributed by atoms with E-state index in [1.807, 2.05) is 0 Å². The lowest BCUT2D eigenvalue weighted by Gasteiger charge is -2.34. The first-order chi connectivity index (χ1) is 9.98. The monoisotopic (exact) mass is 313 g/mol. The fourth-order valence-electron chi connectivity index (χ4n) is 2.73. The third-order valence-electron chi connectivity index (χ3n) is 3.86. The summed E-state index contributed by atoms with van der Waals surface area (Å²) in [6.07, 6.45) is 3.62. The predicted octanol–water partition coefficient (Wildman–Crippen LogP) is 3.11. The topological polar surface area (TPSA) is 87.7 Å². The third-order valence-corrected chi connectivity index (χ3v) is 4.08. The second-order valence-electron chi connectivity index (χ2n) is 5.24. The van der Waals surface area contributed by atoms with Gasteiger partial charge in [0.2, 0.25) is 5.91 Å². The SMILES string of the molecule is N/C(=N/O)C1(C(=O)Nc2cc(F)cc(Cl)c2)CCCCC1. The lowest BCUT2D eigenvalue weighted by Crippen LogP contribution is -2.48. The van der Waals surface area contributed by atoms with Gasteiger partial charge in [0.05, 0.1) is 0 Å². The van der Waals surface area contributed by atoms with Crippen molar-refractivity contribution in [3.8, 4) is 0 Å². The number of carbonyl (C=O) groups excluding carboxylic acids is 1. The average Bonchev–Trinajstić information content (AvgIpc) is 2.46. The van der Waals surface area contributed by atoms with E-state index in [0.29, 0.717) is 12.8 Å². The lowest BCUT2D eigenvalue weighted by atomic mass is 9.72. The molecule has 2 rings (SSSR count). The maximum atomic E-state index is 13.3. The molecule has 0 atom stereocenters. The summed E-state index contributed by atoms with van der Waals surface area (Å²) in [5.74, 6) is -1.05. The number of halogens is 2. The highest BCUT2D eigenvalue weighted by Crippen LogP contribution is 2.38. The molecule has 0 saturated heterocycles. The van der Waals surface area contributed by atoms with Crippen LogP contribution in [-0.2, 0) is 4.79 Å². The molecule has 1 aromatic carbocycles. The first-order valence-electron chi connectivity index (χ1n) is 6.73. The number of hydrogen-bond donors (Lipinski definition) is 3. The molecule has 1 saturated carbocycles. The summed E-state index contributed by atoms with van der Waals surface area (Å²) in [5.41, 5.74) is 4.94. The molecule has 0 bridgehead atoms. The molecule has 114 valence electrons. The van der Waals surface area contributed by atoms with Gasteiger partial charge in [0.25, 0.3) is 0 Å². The van der Waals surface area contributed by atoms with Gasteiger partial charge in [-0.25, -0.2) is 4.39 Å². The second kappa shape index (κ2) is 6.30. The molecule has 21 heavy (non-hydrogen) atoms. The summed E-state index contributed by atoms with van der Waals surface area (Å²) in [4.78, 5) is 12.6. The van der Waals surface area contributed by atoms with E-state index in [4.69, 9.17) is 22.5 Å². The number of nitrogens with zero attached hydrogens (tertiary/aromatic N) is 1. The summed E-state index contributed by atoms with van der Waals surface area (Å²) in [7, 11) is 0. The standard InChI is InChI=1S/C14H17ClFN3O2/c15-9-6-10(16)8-11(7-9)18-13(20)14(12(17)19-21)4-2-1-3-5-14/h6-8,21H,1-5H2,(H2,17,19)(H,18,20). The van der Waals surface area contributed by atoms with Crippen molar-refractivity contribution < 1.29 is 14.4 Å². The Labute approximate surface area is 127 Å². The number of anilines is 1. The van der Waals surface area contributed by atoms with Gasteiger partial charge in [0.1, 0.15) is 11.2 Å². The molecule has 1 fully saturated rings. The van der Waals surface area contributed by atoms with Crippen LogP contribution in [0.25, 0.3) is 0 Å². The fourth-order valence-corrected chi connectivity index (χ4v) is 2.95. The minimum Gasteiger partial charge on any atom is -0.409 e. The van der Waals surface area contributed by atoms with Crippen LogP contribution in [-0.4, -0.2) is 17.0 Å². The number of amides is 1. The first-order valence-corrected chi connectivity index (χ1v) is 7.11. The summed E-state index contributed by atoms with van der Waals surface area (Å²) in [6, 6.07) is 3.77. The molecule has 1 aliphatic carbocycles. The smallest absolute Gasteiger partial charge is 0.238 e. The van der Waals surface area contributed by atoms with Gasteiger partial charge in [-0.2, -0.15) is 0 Å². The maximum Gasteiger partial charge on any atom is 0.238 e. The third kappa shape index (κ3) is 3.26. The van der Waals surface area contributed by atoms with Crippen molar-refractivity contribution in [3.63, 3.8) is 0 Å². The zero-order valence-electron chi connectivity index (χ0n) is 11.4. The molecule has 0 aliphatic heterocycles. The summed E-state index contributed by atoms with van der Waals surface area (Å²) in [5, 5.41) is 14.8. The minimum absolute atomic E-state index is 0.109. The van der Waals surface area contributed by atoms with E-state index in [2.05, 4.69) is 10.5 Å². The van der Waals surface area contributed by atoms with Gasteiger partial charge in [0.15, 0.2) is 5.84 Å². The molecule has 0 aromatic heterocycles. The van der Waals surface area contributed by atoms with E-state index in [1.54, 1.807) is 0 Å². The van der Waals surface area contributed by atoms with Crippen molar-refractivity contribution in [1.29, 1.82) is 0 Å². The largest absolute Gasteiger partial charge is 0.409 e. The van der Waals surface area contributed by atoms with Crippen LogP contribution in [0.5, 0.6) is 0 Å². The van der Waals surface area contributed by atoms with Crippen LogP contribution in [0.2, 0.25) is 5.02 Å². The number of nitrogens with two attached hydrogens (primary N) is 1. The zero-order chi connectivity index (χ0) is 15.5. The van der Waals surface area contributed by atoms with Crippen molar-refractivity contribution >= 4 is 29.0 Å². The van der Waals surface area contributed by atoms with Crippen molar-refractivity contribution in [3.05, 3.63) is 29.0 Å². The van der Waals surface area contributed by atoms with Gasteiger partial charge in [-0.05, 0) is 31.0 Å². The van der Waals surface area contributed by atoms with E-state index in [0.717, 1.165) is 25.3 Å². The van der Waals surface area contributed by atoms with Crippen molar-refractivity contribution in [2.75, 3.05) is 5.32 Å². The van der Waals surface area contributed by atoms with Gasteiger partial charge in [-0.1, -0.05) is 36.0 Å². The quantitative estimate of drug-likeness (QED) is 0.347. The zero-order valence-corrected chi connectivity index (χ0v) is 12.2. The van der Waals surface area contributed by atoms with Gasteiger partial charge in [0, 0.05) is 10.7 Å². The molecular weight excluding hydrogens is 297 g/mol. The molecule has 5 nitrogen and oxygen atoms in total.